The van der Waals surface area contributed by atoms with Crippen molar-refractivity contribution in [3.8, 4) is 0 Å². The van der Waals surface area contributed by atoms with Crippen LogP contribution in [-0.2, 0) is 51.0 Å². The van der Waals surface area contributed by atoms with Crippen LogP contribution in [0.1, 0.15) is 182 Å². The second-order valence-corrected chi connectivity index (χ2v) is 14.7. The summed E-state index contributed by atoms with van der Waals surface area (Å²) < 4.78 is 51.3. The maximum atomic E-state index is 11.6. The molecule has 292 valence electrons. The third kappa shape index (κ3) is 56.0. The molecule has 0 rings (SSSR count). The third-order valence-electron chi connectivity index (χ3n) is 7.11. The number of phosphoric acid groups is 2. The van der Waals surface area contributed by atoms with Gasteiger partial charge in [-0.3, -0.25) is 18.1 Å². The van der Waals surface area contributed by atoms with Crippen molar-refractivity contribution in [3.05, 3.63) is 0 Å². The Morgan fingerprint density at radius 1 is 0.375 bits per heavy atom. The number of rotatable bonds is 33. The third-order valence-corrected chi connectivity index (χ3v) is 9.14. The normalized spacial score (nSPS) is 11.1. The summed E-state index contributed by atoms with van der Waals surface area (Å²) >= 11 is 0.750. The molecule has 0 aliphatic rings. The predicted molar refractivity (Wildman–Crippen MR) is 192 cm³/mol. The van der Waals surface area contributed by atoms with E-state index >= 15 is 0 Å². The first-order valence-electron chi connectivity index (χ1n) is 18.8. The molecule has 0 radical (unpaired) electrons. The Balaban J connectivity index is -0.000000346. The number of unbranched alkanes of at least 4 members (excludes halogenated alkanes) is 20. The molecular weight excluding hydrogens is 694 g/mol. The molecule has 0 saturated heterocycles. The second kappa shape index (κ2) is 47.7. The Hall–Kier alpha value is 0.654. The number of phosphoric ester groups is 2. The number of aliphatic hydroxyl groups excluding tert-OH is 2. The fraction of sp³-hybridized carbons (Fsp3) is 1.00. The fourth-order valence-corrected chi connectivity index (χ4v) is 5.91. The zero-order valence-corrected chi connectivity index (χ0v) is 34.6. The summed E-state index contributed by atoms with van der Waals surface area (Å²) in [5.41, 5.74) is 0. The van der Waals surface area contributed by atoms with E-state index in [1.54, 1.807) is 0 Å². The summed E-state index contributed by atoms with van der Waals surface area (Å²) in [4.78, 5) is 19.0. The molecule has 0 aromatic heterocycles. The van der Waals surface area contributed by atoms with E-state index in [0.29, 0.717) is 26.4 Å². The standard InChI is InChI=1S/2C16H35O4P.C2H6O2.O.Ti/c2*1-3-5-7-9-11-13-15-19-21(17,18)20-16-14-12-10-8-6-4-2;3-1-2-4;;/h2*3-16H2,1-2H3,(H,17,18);3-4H,1-2H2;;. The van der Waals surface area contributed by atoms with E-state index in [9.17, 15) is 18.9 Å². The molecule has 0 saturated carbocycles. The van der Waals surface area contributed by atoms with Crippen LogP contribution >= 0.6 is 15.6 Å². The van der Waals surface area contributed by atoms with Gasteiger partial charge in [0.05, 0.1) is 39.6 Å². The topological polar surface area (TPSA) is 169 Å². The van der Waals surface area contributed by atoms with Crippen LogP contribution in [-0.4, -0.2) is 59.6 Å². The molecule has 14 heteroatoms. The summed E-state index contributed by atoms with van der Waals surface area (Å²) in [6, 6.07) is 0. The van der Waals surface area contributed by atoms with Crippen molar-refractivity contribution in [2.45, 2.75) is 182 Å². The van der Waals surface area contributed by atoms with Crippen molar-refractivity contribution in [3.63, 3.8) is 0 Å². The van der Waals surface area contributed by atoms with Gasteiger partial charge in [0, 0.05) is 0 Å². The quantitative estimate of drug-likeness (QED) is 0.0285. The van der Waals surface area contributed by atoms with E-state index in [2.05, 4.69) is 27.7 Å². The maximum absolute atomic E-state index is 11.6. The summed E-state index contributed by atoms with van der Waals surface area (Å²) in [6.45, 7) is 9.76. The van der Waals surface area contributed by atoms with E-state index in [-0.39, 0.29) is 13.2 Å². The van der Waals surface area contributed by atoms with E-state index in [1.165, 1.54) is 103 Å². The van der Waals surface area contributed by atoms with E-state index in [4.69, 9.17) is 31.6 Å². The van der Waals surface area contributed by atoms with Crippen LogP contribution in [0.2, 0.25) is 0 Å². The van der Waals surface area contributed by atoms with Crippen LogP contribution in [0.5, 0.6) is 0 Å². The van der Waals surface area contributed by atoms with E-state index in [0.717, 1.165) is 71.8 Å². The number of hydrogen-bond donors (Lipinski definition) is 4. The molecule has 0 fully saturated rings. The molecule has 0 amide bonds. The van der Waals surface area contributed by atoms with Crippen LogP contribution in [0.25, 0.3) is 0 Å². The van der Waals surface area contributed by atoms with Crippen LogP contribution in [0.4, 0.5) is 0 Å². The SMILES string of the molecule is CCCCCCCCOP(=O)(O)OCCCCCCCC.CCCCCCCCOP(=O)(O)OCCCCCCCC.OCCO.[O]=[Ti]. The van der Waals surface area contributed by atoms with Crippen molar-refractivity contribution in [2.24, 2.45) is 0 Å². The van der Waals surface area contributed by atoms with Crippen LogP contribution in [0, 0.1) is 0 Å². The molecule has 48 heavy (non-hydrogen) atoms. The monoisotopic (exact) mass is 770 g/mol. The van der Waals surface area contributed by atoms with Gasteiger partial charge in [-0.2, -0.15) is 0 Å². The van der Waals surface area contributed by atoms with Gasteiger partial charge < -0.3 is 20.0 Å². The Kier molecular flexibility index (Phi) is 55.0. The van der Waals surface area contributed by atoms with E-state index in [1.807, 2.05) is 0 Å². The molecule has 0 bridgehead atoms. The molecule has 0 heterocycles. The molecule has 0 aromatic rings. The van der Waals surface area contributed by atoms with Crippen LogP contribution in [0.3, 0.4) is 0 Å². The molecule has 0 spiro atoms. The van der Waals surface area contributed by atoms with Crippen LogP contribution < -0.4 is 0 Å². The van der Waals surface area contributed by atoms with E-state index < -0.39 is 15.6 Å². The first-order valence-corrected chi connectivity index (χ1v) is 22.4. The predicted octanol–water partition coefficient (Wildman–Crippen LogP) is 10.5. The molecule has 0 atom stereocenters. The van der Waals surface area contributed by atoms with Crippen molar-refractivity contribution in [2.75, 3.05) is 39.6 Å². The van der Waals surface area contributed by atoms with Crippen molar-refractivity contribution < 1.29 is 71.0 Å². The second-order valence-electron chi connectivity index (χ2n) is 11.8. The van der Waals surface area contributed by atoms with Crippen molar-refractivity contribution in [1.82, 2.24) is 0 Å². The first-order chi connectivity index (χ1) is 23.2. The molecule has 0 aliphatic carbocycles. The Morgan fingerprint density at radius 2 is 0.542 bits per heavy atom. The average molecular weight is 771 g/mol. The Bertz CT molecular complexity index is 581. The fourth-order valence-electron chi connectivity index (χ4n) is 4.32. The van der Waals surface area contributed by atoms with Gasteiger partial charge in [0.2, 0.25) is 0 Å². The zero-order chi connectivity index (χ0) is 37.0. The molecular formula is C34H76O11P2Ti. The molecule has 0 aromatic carbocycles. The van der Waals surface area contributed by atoms with Crippen LogP contribution in [0.15, 0.2) is 0 Å². The van der Waals surface area contributed by atoms with Gasteiger partial charge in [0.25, 0.3) is 0 Å². The van der Waals surface area contributed by atoms with Gasteiger partial charge in [-0.25, -0.2) is 9.13 Å². The Morgan fingerprint density at radius 3 is 0.708 bits per heavy atom. The van der Waals surface area contributed by atoms with Gasteiger partial charge in [-0.1, -0.05) is 156 Å². The number of aliphatic hydroxyl groups is 2. The van der Waals surface area contributed by atoms with Gasteiger partial charge >= 0.3 is 39.4 Å². The summed E-state index contributed by atoms with van der Waals surface area (Å²) in [5, 5.41) is 15.2. The Labute approximate surface area is 307 Å². The molecule has 0 aliphatic heterocycles. The van der Waals surface area contributed by atoms with Gasteiger partial charge in [-0.15, -0.1) is 0 Å². The zero-order valence-electron chi connectivity index (χ0n) is 31.3. The average Bonchev–Trinajstić information content (AvgIpc) is 3.08. The van der Waals surface area contributed by atoms with Gasteiger partial charge in [-0.05, 0) is 25.7 Å². The summed E-state index contributed by atoms with van der Waals surface area (Å²) in [6.07, 6.45) is 27.1. The first kappa shape index (κ1) is 55.4. The van der Waals surface area contributed by atoms with Gasteiger partial charge in [0.15, 0.2) is 0 Å². The molecule has 0 unspecified atom stereocenters. The summed E-state index contributed by atoms with van der Waals surface area (Å²) in [5.74, 6) is 0. The van der Waals surface area contributed by atoms with Crippen molar-refractivity contribution >= 4 is 15.6 Å². The number of hydrogen-bond acceptors (Lipinski definition) is 9. The molecule has 11 nitrogen and oxygen atoms in total. The van der Waals surface area contributed by atoms with Crippen molar-refractivity contribution in [1.29, 1.82) is 0 Å². The minimum atomic E-state index is -3.82. The van der Waals surface area contributed by atoms with Gasteiger partial charge in [0.1, 0.15) is 0 Å². The molecule has 4 N–H and O–H groups in total. The minimum absolute atomic E-state index is 0.125. The summed E-state index contributed by atoms with van der Waals surface area (Å²) in [7, 11) is -7.63.